The predicted octanol–water partition coefficient (Wildman–Crippen LogP) is 14.4. The monoisotopic (exact) mass is 1490 g/mol. The van der Waals surface area contributed by atoms with E-state index < -0.39 is 17.1 Å². The molecule has 0 aromatic heterocycles. The maximum atomic E-state index is 11.6. The van der Waals surface area contributed by atoms with Gasteiger partial charge in [-0.1, -0.05) is 130 Å². The van der Waals surface area contributed by atoms with Crippen molar-refractivity contribution in [3.63, 3.8) is 0 Å². The van der Waals surface area contributed by atoms with Crippen molar-refractivity contribution in [1.82, 2.24) is 15.1 Å². The Kier molecular flexibility index (Phi) is 58.6. The molecule has 3 N–H and O–H groups in total. The second-order valence-corrected chi connectivity index (χ2v) is 28.2. The summed E-state index contributed by atoms with van der Waals surface area (Å²) in [6.07, 6.45) is 15.5. The summed E-state index contributed by atoms with van der Waals surface area (Å²) in [6.45, 7) is 75.5. The average molecular weight is 1490 g/mol. The fourth-order valence-corrected chi connectivity index (χ4v) is 8.46. The minimum absolute atomic E-state index is 0.00306. The number of carbonyl (C=O) groups is 11. The number of hydrogen-bond acceptors (Lipinski definition) is 19. The van der Waals surface area contributed by atoms with Crippen molar-refractivity contribution in [3.05, 3.63) is 172 Å². The third-order valence-electron chi connectivity index (χ3n) is 14.5. The zero-order valence-electron chi connectivity index (χ0n) is 68.4. The van der Waals surface area contributed by atoms with E-state index in [1.807, 2.05) is 85.7 Å². The molecule has 23 heteroatoms. The Balaban J connectivity index is -0.000000263. The van der Waals surface area contributed by atoms with Crippen LogP contribution in [0.2, 0.25) is 0 Å². The summed E-state index contributed by atoms with van der Waals surface area (Å²) in [5.41, 5.74) is 7.92. The van der Waals surface area contributed by atoms with Gasteiger partial charge in [0.1, 0.15) is 30.0 Å². The van der Waals surface area contributed by atoms with Gasteiger partial charge in [0.05, 0.1) is 26.4 Å². The second-order valence-electron chi connectivity index (χ2n) is 28.2. The van der Waals surface area contributed by atoms with Gasteiger partial charge in [0.2, 0.25) is 23.6 Å². The van der Waals surface area contributed by atoms with Crippen LogP contribution in [0.1, 0.15) is 188 Å². The molecular formula is C83H132N4O19. The van der Waals surface area contributed by atoms with Gasteiger partial charge < -0.3 is 58.7 Å². The number of methoxy groups -OCH3 is 1. The van der Waals surface area contributed by atoms with Gasteiger partial charge >= 0.3 is 41.8 Å². The number of nitrogens with zero attached hydrogens (tertiary/aromatic N) is 2. The van der Waals surface area contributed by atoms with Crippen LogP contribution in [0.5, 0.6) is 0 Å². The number of fused-ring (bicyclic) bond motifs is 2. The summed E-state index contributed by atoms with van der Waals surface area (Å²) in [4.78, 5) is 120. The molecule has 1 aromatic carbocycles. The number of nitrogens with two attached hydrogens (primary N) is 1. The van der Waals surface area contributed by atoms with E-state index in [2.05, 4.69) is 109 Å². The molecule has 598 valence electrons. The van der Waals surface area contributed by atoms with Gasteiger partial charge in [-0.25, -0.2) is 33.6 Å². The number of likely N-dealkylation sites (N-methyl/N-ethyl adjacent to an activating group) is 1. The topological polar surface area (TPSA) is 306 Å². The molecule has 3 unspecified atom stereocenters. The van der Waals surface area contributed by atoms with Crippen molar-refractivity contribution in [2.75, 3.05) is 47.5 Å². The maximum Gasteiger partial charge on any atom is 0.333 e. The predicted molar refractivity (Wildman–Crippen MR) is 422 cm³/mol. The molecule has 2 bridgehead atoms. The highest BCUT2D eigenvalue weighted by molar-refractivity contribution is 5.90. The average Bonchev–Trinajstić information content (AvgIpc) is 1.56. The number of nitrogens with one attached hydrogen (secondary N) is 1. The van der Waals surface area contributed by atoms with E-state index in [1.165, 1.54) is 62.3 Å². The van der Waals surface area contributed by atoms with Crippen LogP contribution in [0.4, 0.5) is 0 Å². The fraction of sp³-hybridized carbons (Fsp3) is 0.530. The van der Waals surface area contributed by atoms with Crippen molar-refractivity contribution in [3.8, 4) is 0 Å². The first-order valence-electron chi connectivity index (χ1n) is 34.8. The van der Waals surface area contributed by atoms with Gasteiger partial charge in [-0.05, 0) is 197 Å². The number of esters is 7. The summed E-state index contributed by atoms with van der Waals surface area (Å²) in [7, 11) is 4.70. The zero-order chi connectivity index (χ0) is 84.1. The first kappa shape index (κ1) is 107. The lowest BCUT2D eigenvalue weighted by Crippen LogP contribution is -2.39. The van der Waals surface area contributed by atoms with Crippen LogP contribution < -0.4 is 11.1 Å². The summed E-state index contributed by atoms with van der Waals surface area (Å²) in [5.74, 6) is -2.10. The van der Waals surface area contributed by atoms with Crippen LogP contribution >= 0.6 is 0 Å². The summed E-state index contributed by atoms with van der Waals surface area (Å²) in [5, 5.41) is 2.64. The van der Waals surface area contributed by atoms with Crippen LogP contribution in [0.3, 0.4) is 0 Å². The molecule has 0 radical (unpaired) electrons. The van der Waals surface area contributed by atoms with Crippen LogP contribution in [0.15, 0.2) is 167 Å². The highest BCUT2D eigenvalue weighted by Crippen LogP contribution is 2.66. The number of morpholine rings is 1. The van der Waals surface area contributed by atoms with Crippen LogP contribution in [-0.2, 0) is 97.2 Å². The van der Waals surface area contributed by atoms with Crippen molar-refractivity contribution >= 4 is 65.4 Å². The second kappa shape index (κ2) is 57.8. The number of ether oxygens (including phenoxy) is 8. The molecule has 3 aliphatic carbocycles. The van der Waals surface area contributed by atoms with Gasteiger partial charge in [0.15, 0.2) is 0 Å². The SMILES string of the molecule is C=C(C)C(=O)OC.C=C(C)C(=O)OC(C)(C)C.C=C(C)C(=O)OC(C)C.C=C(C)C(=O)OC1CC2CCC1(C)C2(C)C.C=C(C)C(=O)OC1CCCCC1.C=C(C)C(=O)OCc1ccccc1.C=CC(=O)N(C)C.C=CC(=O)N1CCOCC1.C=CC(=O)NC(C)C.C=CC(=O)OC(C)(C)C.C=CC(N)=O. The van der Waals surface area contributed by atoms with Crippen LogP contribution in [0.25, 0.3) is 0 Å². The van der Waals surface area contributed by atoms with E-state index in [9.17, 15) is 52.7 Å². The van der Waals surface area contributed by atoms with Crippen molar-refractivity contribution < 1.29 is 90.6 Å². The summed E-state index contributed by atoms with van der Waals surface area (Å²) in [6, 6.07) is 9.76. The first-order chi connectivity index (χ1) is 48.6. The maximum absolute atomic E-state index is 11.6. The Morgan fingerprint density at radius 1 is 0.604 bits per heavy atom. The van der Waals surface area contributed by atoms with Gasteiger partial charge in [-0.2, -0.15) is 0 Å². The molecule has 106 heavy (non-hydrogen) atoms. The van der Waals surface area contributed by atoms with Crippen molar-refractivity contribution in [1.29, 1.82) is 0 Å². The Hall–Kier alpha value is -9.51. The zero-order valence-corrected chi connectivity index (χ0v) is 68.4. The molecule has 4 amide bonds. The smallest absolute Gasteiger partial charge is 0.333 e. The van der Waals surface area contributed by atoms with Crippen molar-refractivity contribution in [2.45, 2.75) is 225 Å². The molecule has 0 spiro atoms. The number of hydrogen-bond donors (Lipinski definition) is 2. The Labute approximate surface area is 635 Å². The number of benzene rings is 1. The third-order valence-corrected chi connectivity index (χ3v) is 14.5. The largest absolute Gasteiger partial charge is 0.466 e. The van der Waals surface area contributed by atoms with Crippen LogP contribution in [-0.4, -0.2) is 158 Å². The van der Waals surface area contributed by atoms with E-state index >= 15 is 0 Å². The molecule has 1 aromatic rings. The number of carbonyl (C=O) groups excluding carboxylic acids is 11. The van der Waals surface area contributed by atoms with Gasteiger partial charge in [0.25, 0.3) is 0 Å². The van der Waals surface area contributed by atoms with E-state index in [-0.39, 0.29) is 89.3 Å². The molecule has 4 aliphatic rings. The quantitative estimate of drug-likeness (QED) is 0.0831. The highest BCUT2D eigenvalue weighted by atomic mass is 16.6. The van der Waals surface area contributed by atoms with E-state index in [1.54, 1.807) is 74.4 Å². The molecule has 1 aliphatic heterocycles. The van der Waals surface area contributed by atoms with E-state index in [4.69, 9.17) is 33.2 Å². The highest BCUT2D eigenvalue weighted by Gasteiger charge is 2.63. The van der Waals surface area contributed by atoms with Crippen LogP contribution in [0, 0.1) is 16.7 Å². The molecule has 3 saturated carbocycles. The lowest BCUT2D eigenvalue weighted by atomic mass is 9.70. The number of amides is 4. The Morgan fingerprint density at radius 3 is 1.31 bits per heavy atom. The summed E-state index contributed by atoms with van der Waals surface area (Å²) < 4.78 is 39.7. The normalized spacial score (nSPS) is 15.7. The van der Waals surface area contributed by atoms with Gasteiger partial charge in [0, 0.05) is 78.2 Å². The fourth-order valence-electron chi connectivity index (χ4n) is 8.46. The molecule has 1 saturated heterocycles. The van der Waals surface area contributed by atoms with Gasteiger partial charge in [-0.15, -0.1) is 0 Å². The van der Waals surface area contributed by atoms with Crippen molar-refractivity contribution in [2.24, 2.45) is 22.5 Å². The Bertz CT molecular complexity index is 3050. The number of rotatable bonds is 17. The molecule has 3 atom stereocenters. The molecule has 5 rings (SSSR count). The standard InChI is InChI=1S/C14H22O2.C11H12O2.C10H16O2.C8H14O2.C7H11NO2.2C7H12O2.C6H11NO.C5H9NO.C5H8O2.C3H5NO/c1-9(2)12(15)16-11-8-10-6-7-14(11,5)13(10,3)4;1-9(2)11(12)13-8-10-6-4-3-5-7-10;1-8(2)10(11)12-9-6-4-3-5-7-9;1-6(2)7(9)10-8(3,4)5;1-2-7(9)8-3-5-10-6-4-8;1-5-6(8)9-7(2,3)4;1-5(2)7(8)9-6(3)4;1-4-6(8)7-5(2)3;1-4-5(7)6(2)3;1-4(2)5(6)7-3;1-2-3(4)5/h10-11H,1,6-8H2,2-5H3;3-7H,1,8H2,2H3;9H,1,3-7H2,2H3;1H2,2-5H3;2H,1,3-6H2;5H,1H2,2-4H3;6H,1H2,2-4H3;4-5H,1H2,2-3H3,(H,7,8);4H,1H2,2-3H3;1H2,2-3H3;2H,1H2,(H2,4,5). The molecule has 1 heterocycles. The van der Waals surface area contributed by atoms with E-state index in [0.717, 1.165) is 37.0 Å². The lowest BCUT2D eigenvalue weighted by molar-refractivity contribution is -0.152. The number of primary amides is 1. The summed E-state index contributed by atoms with van der Waals surface area (Å²) >= 11 is 0. The van der Waals surface area contributed by atoms with Gasteiger partial charge in [-0.3, -0.25) is 19.2 Å². The van der Waals surface area contributed by atoms with E-state index in [0.29, 0.717) is 77.7 Å². The minimum Gasteiger partial charge on any atom is -0.466 e. The lowest BCUT2D eigenvalue weighted by Gasteiger charge is -2.38. The Morgan fingerprint density at radius 2 is 1.05 bits per heavy atom. The minimum atomic E-state index is -0.481. The first-order valence-corrected chi connectivity index (χ1v) is 34.8. The third kappa shape index (κ3) is 56.9. The molecular weight excluding hydrogens is 1360 g/mol. The molecule has 23 nitrogen and oxygen atoms in total. The molecule has 4 fully saturated rings.